The Hall–Kier alpha value is -2.78. The highest BCUT2D eigenvalue weighted by Crippen LogP contribution is 2.24. The van der Waals surface area contributed by atoms with E-state index in [2.05, 4.69) is 15.5 Å². The van der Waals surface area contributed by atoms with Gasteiger partial charge in [0, 0.05) is 28.6 Å². The lowest BCUT2D eigenvalue weighted by Gasteiger charge is -2.09. The minimum atomic E-state index is -0.607. The van der Waals surface area contributed by atoms with Crippen LogP contribution in [0.2, 0.25) is 0 Å². The lowest BCUT2D eigenvalue weighted by molar-refractivity contribution is -0.119. The van der Waals surface area contributed by atoms with Crippen molar-refractivity contribution in [3.05, 3.63) is 65.7 Å². The lowest BCUT2D eigenvalue weighted by atomic mass is 10.3. The van der Waals surface area contributed by atoms with Gasteiger partial charge in [-0.15, -0.1) is 11.8 Å². The maximum atomic E-state index is 12.4. The molecule has 9 heteroatoms. The molecular weight excluding hydrogens is 410 g/mol. The minimum Gasteiger partial charge on any atom is -0.452 e. The molecule has 0 aliphatic heterocycles. The van der Waals surface area contributed by atoms with E-state index in [1.807, 2.05) is 37.4 Å². The summed E-state index contributed by atoms with van der Waals surface area (Å²) in [7, 11) is 0. The van der Waals surface area contributed by atoms with Crippen molar-refractivity contribution in [3.63, 3.8) is 0 Å². The summed E-state index contributed by atoms with van der Waals surface area (Å²) in [5, 5.41) is 7.15. The largest absolute Gasteiger partial charge is 0.452 e. The van der Waals surface area contributed by atoms with Crippen molar-refractivity contribution in [2.45, 2.75) is 22.6 Å². The van der Waals surface area contributed by atoms with Crippen LogP contribution >= 0.6 is 23.5 Å². The van der Waals surface area contributed by atoms with Crippen LogP contribution in [0.25, 0.3) is 0 Å². The van der Waals surface area contributed by atoms with Crippen LogP contribution in [0.1, 0.15) is 21.8 Å². The van der Waals surface area contributed by atoms with E-state index in [0.29, 0.717) is 22.0 Å². The maximum Gasteiger partial charge on any atom is 0.341 e. The molecule has 0 radical (unpaired) electrons. The summed E-state index contributed by atoms with van der Waals surface area (Å²) in [5.41, 5.74) is 1.71. The van der Waals surface area contributed by atoms with Gasteiger partial charge in [0.05, 0.1) is 11.3 Å². The van der Waals surface area contributed by atoms with E-state index in [0.717, 1.165) is 16.3 Å². The number of nitrogens with one attached hydrogen (secondary N) is 1. The average molecular weight is 430 g/mol. The van der Waals surface area contributed by atoms with Crippen molar-refractivity contribution in [2.24, 2.45) is 0 Å². The Labute approximate surface area is 176 Å². The molecule has 3 rings (SSSR count). The van der Waals surface area contributed by atoms with Gasteiger partial charge in [-0.25, -0.2) is 9.78 Å². The van der Waals surface area contributed by atoms with Crippen molar-refractivity contribution in [1.29, 1.82) is 0 Å². The van der Waals surface area contributed by atoms with Crippen LogP contribution < -0.4 is 5.32 Å². The summed E-state index contributed by atoms with van der Waals surface area (Å²) < 4.78 is 10.2. The highest BCUT2D eigenvalue weighted by Gasteiger charge is 2.16. The molecule has 150 valence electrons. The van der Waals surface area contributed by atoms with Crippen molar-refractivity contribution in [1.82, 2.24) is 10.1 Å². The Morgan fingerprint density at radius 3 is 2.83 bits per heavy atom. The number of carbonyl (C=O) groups excluding carboxylic acids is 2. The minimum absolute atomic E-state index is 0.301. The van der Waals surface area contributed by atoms with E-state index in [9.17, 15) is 9.59 Å². The first-order valence-electron chi connectivity index (χ1n) is 8.66. The predicted octanol–water partition coefficient (Wildman–Crippen LogP) is 4.19. The first-order valence-corrected chi connectivity index (χ1v) is 10.9. The van der Waals surface area contributed by atoms with E-state index < -0.39 is 11.9 Å². The number of amides is 1. The van der Waals surface area contributed by atoms with Gasteiger partial charge in [0.1, 0.15) is 10.8 Å². The summed E-state index contributed by atoms with van der Waals surface area (Å²) in [6.07, 6.45) is 3.55. The van der Waals surface area contributed by atoms with Crippen LogP contribution in [-0.2, 0) is 15.3 Å². The molecule has 0 atom stereocenters. The number of rotatable bonds is 8. The second kappa shape index (κ2) is 10.1. The molecular formula is C20H19N3O4S2. The van der Waals surface area contributed by atoms with Gasteiger partial charge in [-0.3, -0.25) is 4.79 Å². The number of ether oxygens (including phenoxy) is 1. The predicted molar refractivity (Wildman–Crippen MR) is 112 cm³/mol. The Morgan fingerprint density at radius 2 is 2.07 bits per heavy atom. The molecule has 0 fully saturated rings. The van der Waals surface area contributed by atoms with Gasteiger partial charge in [0.25, 0.3) is 5.91 Å². The monoisotopic (exact) mass is 429 g/mol. The zero-order valence-corrected chi connectivity index (χ0v) is 17.5. The number of anilines is 1. The highest BCUT2D eigenvalue weighted by molar-refractivity contribution is 7.98. The third-order valence-corrected chi connectivity index (χ3v) is 5.48. The fourth-order valence-electron chi connectivity index (χ4n) is 2.40. The van der Waals surface area contributed by atoms with Gasteiger partial charge < -0.3 is 14.6 Å². The van der Waals surface area contributed by atoms with E-state index in [1.54, 1.807) is 36.2 Å². The molecule has 0 spiro atoms. The topological polar surface area (TPSA) is 94.3 Å². The fourth-order valence-corrected chi connectivity index (χ4v) is 3.72. The number of hydrogen-bond acceptors (Lipinski definition) is 8. The van der Waals surface area contributed by atoms with Crippen LogP contribution in [0.5, 0.6) is 0 Å². The standard InChI is InChI=1S/C20H19N3O4S2/c1-13-9-15(23-27-13)12-29-19-17(7-4-8-21-19)20(25)26-11-18(24)22-14-5-3-6-16(10-14)28-2/h3-10H,11-12H2,1-2H3,(H,22,24). The quantitative estimate of drug-likeness (QED) is 0.421. The molecule has 7 nitrogen and oxygen atoms in total. The van der Waals surface area contributed by atoms with Gasteiger partial charge in [-0.2, -0.15) is 0 Å². The normalized spacial score (nSPS) is 10.6. The van der Waals surface area contributed by atoms with E-state index in [-0.39, 0.29) is 6.61 Å². The molecule has 3 aromatic rings. The molecule has 0 aliphatic rings. The number of benzene rings is 1. The molecule has 0 unspecified atom stereocenters. The second-order valence-electron chi connectivity index (χ2n) is 5.93. The van der Waals surface area contributed by atoms with Gasteiger partial charge >= 0.3 is 5.97 Å². The van der Waals surface area contributed by atoms with E-state index in [1.165, 1.54) is 11.8 Å². The summed E-state index contributed by atoms with van der Waals surface area (Å²) in [6, 6.07) is 12.5. The third kappa shape index (κ3) is 6.10. The zero-order valence-electron chi connectivity index (χ0n) is 15.9. The lowest BCUT2D eigenvalue weighted by Crippen LogP contribution is -2.21. The van der Waals surface area contributed by atoms with Crippen LogP contribution in [0, 0.1) is 6.92 Å². The van der Waals surface area contributed by atoms with Gasteiger partial charge in [-0.1, -0.05) is 23.0 Å². The average Bonchev–Trinajstić information content (AvgIpc) is 3.16. The second-order valence-corrected chi connectivity index (χ2v) is 7.77. The number of nitrogens with zero attached hydrogens (tertiary/aromatic N) is 2. The first kappa shape index (κ1) is 20.9. The maximum absolute atomic E-state index is 12.4. The van der Waals surface area contributed by atoms with Crippen molar-refractivity contribution in [3.8, 4) is 0 Å². The number of aromatic nitrogens is 2. The smallest absolute Gasteiger partial charge is 0.341 e. The molecule has 2 aromatic heterocycles. The Morgan fingerprint density at radius 1 is 1.21 bits per heavy atom. The molecule has 0 saturated heterocycles. The summed E-state index contributed by atoms with van der Waals surface area (Å²) in [4.78, 5) is 29.8. The molecule has 1 N–H and O–H groups in total. The fraction of sp³-hybridized carbons (Fsp3) is 0.200. The summed E-state index contributed by atoms with van der Waals surface area (Å²) in [6.45, 7) is 1.43. The molecule has 0 saturated carbocycles. The Kier molecular flexibility index (Phi) is 7.31. The van der Waals surface area contributed by atoms with Gasteiger partial charge in [0.2, 0.25) is 0 Å². The van der Waals surface area contributed by atoms with E-state index in [4.69, 9.17) is 9.26 Å². The first-order chi connectivity index (χ1) is 14.0. The number of carbonyl (C=O) groups is 2. The molecule has 2 heterocycles. The van der Waals surface area contributed by atoms with Crippen LogP contribution in [0.3, 0.4) is 0 Å². The summed E-state index contributed by atoms with van der Waals surface area (Å²) >= 11 is 2.92. The number of pyridine rings is 1. The highest BCUT2D eigenvalue weighted by atomic mass is 32.2. The summed E-state index contributed by atoms with van der Waals surface area (Å²) in [5.74, 6) is 0.203. The Balaban J connectivity index is 1.56. The molecule has 29 heavy (non-hydrogen) atoms. The molecule has 1 amide bonds. The Bertz CT molecular complexity index is 1010. The third-order valence-electron chi connectivity index (χ3n) is 3.71. The SMILES string of the molecule is CSc1cccc(NC(=O)COC(=O)c2cccnc2SCc2cc(C)on2)c1. The van der Waals surface area contributed by atoms with Crippen molar-refractivity contribution < 1.29 is 18.8 Å². The van der Waals surface area contributed by atoms with Crippen LogP contribution in [-0.4, -0.2) is 34.9 Å². The zero-order chi connectivity index (χ0) is 20.6. The van der Waals surface area contributed by atoms with Crippen LogP contribution in [0.4, 0.5) is 5.69 Å². The van der Waals surface area contributed by atoms with Crippen LogP contribution in [0.15, 0.2) is 63.1 Å². The number of esters is 1. The van der Waals surface area contributed by atoms with Gasteiger partial charge in [-0.05, 0) is 43.5 Å². The number of thioether (sulfide) groups is 2. The van der Waals surface area contributed by atoms with Crippen molar-refractivity contribution in [2.75, 3.05) is 18.2 Å². The number of hydrogen-bond donors (Lipinski definition) is 1. The molecule has 0 bridgehead atoms. The molecule has 1 aromatic carbocycles. The van der Waals surface area contributed by atoms with E-state index >= 15 is 0 Å². The molecule has 0 aliphatic carbocycles. The number of aryl methyl sites for hydroxylation is 1. The van der Waals surface area contributed by atoms with Crippen molar-refractivity contribution >= 4 is 41.1 Å². The van der Waals surface area contributed by atoms with Gasteiger partial charge in [0.15, 0.2) is 6.61 Å².